The normalized spacial score (nSPS) is 17.6. The zero-order valence-electron chi connectivity index (χ0n) is 18.1. The fourth-order valence-electron chi connectivity index (χ4n) is 3.42. The Morgan fingerprint density at radius 3 is 2.59 bits per heavy atom. The number of piperidine rings is 1. The van der Waals surface area contributed by atoms with Crippen LogP contribution in [0.5, 0.6) is 11.5 Å². The number of thioether (sulfide) groups is 1. The maximum Gasteiger partial charge on any atom is 0.307 e. The molecule has 0 aliphatic carbocycles. The first-order chi connectivity index (χ1) is 15.4. The van der Waals surface area contributed by atoms with Crippen molar-refractivity contribution in [2.24, 2.45) is 0 Å². The van der Waals surface area contributed by atoms with Gasteiger partial charge in [-0.2, -0.15) is 0 Å². The Morgan fingerprint density at radius 2 is 1.91 bits per heavy atom. The molecule has 3 rings (SSSR count). The number of esters is 1. The summed E-state index contributed by atoms with van der Waals surface area (Å²) in [6.45, 7) is 1.68. The van der Waals surface area contributed by atoms with Crippen molar-refractivity contribution in [1.29, 1.82) is 0 Å². The fraction of sp³-hybridized carbons (Fsp3) is 0.455. The average molecular weight is 479 g/mol. The highest BCUT2D eigenvalue weighted by Gasteiger charge is 2.32. The minimum Gasteiger partial charge on any atom is -0.493 e. The molecule has 2 aliphatic heterocycles. The molecule has 2 saturated heterocycles. The van der Waals surface area contributed by atoms with Crippen LogP contribution >= 0.6 is 24.0 Å². The topological polar surface area (TPSA) is 85.4 Å². The molecule has 32 heavy (non-hydrogen) atoms. The first-order valence-corrected chi connectivity index (χ1v) is 11.6. The lowest BCUT2D eigenvalue weighted by molar-refractivity contribution is -0.141. The number of carbonyl (C=O) groups excluding carboxylic acids is 3. The molecule has 2 heterocycles. The molecule has 0 radical (unpaired) electrons. The van der Waals surface area contributed by atoms with E-state index in [-0.39, 0.29) is 31.4 Å². The van der Waals surface area contributed by atoms with Crippen LogP contribution in [0.1, 0.15) is 31.2 Å². The molecule has 0 atom stereocenters. The summed E-state index contributed by atoms with van der Waals surface area (Å²) in [6, 6.07) is 5.23. The summed E-state index contributed by atoms with van der Waals surface area (Å²) >= 11 is 6.45. The van der Waals surface area contributed by atoms with Crippen molar-refractivity contribution in [2.75, 3.05) is 40.5 Å². The Labute approximate surface area is 196 Å². The Kier molecular flexibility index (Phi) is 8.52. The highest BCUT2D eigenvalue weighted by atomic mass is 32.2. The van der Waals surface area contributed by atoms with Crippen LogP contribution in [0.25, 0.3) is 6.08 Å². The van der Waals surface area contributed by atoms with Gasteiger partial charge in [0.2, 0.25) is 0 Å². The number of hydrogen-bond acceptors (Lipinski definition) is 8. The molecule has 0 bridgehead atoms. The molecule has 0 saturated carbocycles. The number of amides is 2. The van der Waals surface area contributed by atoms with Gasteiger partial charge in [0, 0.05) is 19.6 Å². The molecule has 2 amide bonds. The number of methoxy groups -OCH3 is 2. The van der Waals surface area contributed by atoms with Crippen LogP contribution in [0.4, 0.5) is 0 Å². The zero-order chi connectivity index (χ0) is 23.1. The number of hydrogen-bond donors (Lipinski definition) is 0. The summed E-state index contributed by atoms with van der Waals surface area (Å²) in [7, 11) is 2.82. The molecule has 0 aromatic heterocycles. The number of nitrogens with zero attached hydrogens (tertiary/aromatic N) is 2. The van der Waals surface area contributed by atoms with Gasteiger partial charge in [-0.15, -0.1) is 0 Å². The lowest BCUT2D eigenvalue weighted by atomic mass is 10.1. The van der Waals surface area contributed by atoms with E-state index in [1.54, 1.807) is 24.3 Å². The van der Waals surface area contributed by atoms with Gasteiger partial charge in [-0.1, -0.05) is 30.0 Å². The van der Waals surface area contributed by atoms with E-state index < -0.39 is 5.97 Å². The second-order valence-electron chi connectivity index (χ2n) is 7.30. The Hall–Kier alpha value is -2.59. The number of benzene rings is 1. The highest BCUT2D eigenvalue weighted by molar-refractivity contribution is 8.26. The third kappa shape index (κ3) is 6.01. The molecule has 0 spiro atoms. The van der Waals surface area contributed by atoms with Crippen molar-refractivity contribution >= 4 is 52.2 Å². The van der Waals surface area contributed by atoms with Gasteiger partial charge in [0.15, 0.2) is 18.1 Å². The van der Waals surface area contributed by atoms with Crippen molar-refractivity contribution in [2.45, 2.75) is 25.7 Å². The lowest BCUT2D eigenvalue weighted by Crippen LogP contribution is -2.38. The van der Waals surface area contributed by atoms with Crippen molar-refractivity contribution < 1.29 is 28.6 Å². The van der Waals surface area contributed by atoms with Crippen molar-refractivity contribution in [3.63, 3.8) is 0 Å². The van der Waals surface area contributed by atoms with E-state index in [2.05, 4.69) is 4.74 Å². The first-order valence-electron chi connectivity index (χ1n) is 10.3. The molecular formula is C22H26N2O6S2. The van der Waals surface area contributed by atoms with E-state index in [0.29, 0.717) is 20.7 Å². The van der Waals surface area contributed by atoms with E-state index >= 15 is 0 Å². The fourth-order valence-corrected chi connectivity index (χ4v) is 4.73. The van der Waals surface area contributed by atoms with Crippen molar-refractivity contribution in [3.05, 3.63) is 28.7 Å². The second-order valence-corrected chi connectivity index (χ2v) is 8.98. The summed E-state index contributed by atoms with van der Waals surface area (Å²) in [4.78, 5) is 40.1. The van der Waals surface area contributed by atoms with Gasteiger partial charge < -0.3 is 19.1 Å². The second kappa shape index (κ2) is 11.3. The summed E-state index contributed by atoms with van der Waals surface area (Å²) in [5, 5.41) is 0. The molecule has 1 aromatic rings. The van der Waals surface area contributed by atoms with Gasteiger partial charge in [0.05, 0.1) is 25.5 Å². The SMILES string of the molecule is COC(=O)CCN1C(=O)/C(=C\c2ccc(OCC(=O)N3CCCCC3)c(OC)c2)SC1=S. The maximum atomic E-state index is 12.7. The monoisotopic (exact) mass is 478 g/mol. The van der Waals surface area contributed by atoms with Gasteiger partial charge in [0.25, 0.3) is 11.8 Å². The molecule has 2 fully saturated rings. The smallest absolute Gasteiger partial charge is 0.307 e. The quantitative estimate of drug-likeness (QED) is 0.320. The van der Waals surface area contributed by atoms with Gasteiger partial charge in [-0.05, 0) is 43.0 Å². The minimum atomic E-state index is -0.401. The third-order valence-corrected chi connectivity index (χ3v) is 6.56. The Balaban J connectivity index is 1.65. The first kappa shape index (κ1) is 24.1. The zero-order valence-corrected chi connectivity index (χ0v) is 19.8. The minimum absolute atomic E-state index is 0.0357. The average Bonchev–Trinajstić information content (AvgIpc) is 3.08. The van der Waals surface area contributed by atoms with Crippen LogP contribution in [0, 0.1) is 0 Å². The number of rotatable bonds is 8. The number of thiocarbonyl (C=S) groups is 1. The summed E-state index contributed by atoms with van der Waals surface area (Å²) in [5.74, 6) is 0.232. The summed E-state index contributed by atoms with van der Waals surface area (Å²) < 4.78 is 16.1. The van der Waals surface area contributed by atoms with Crippen LogP contribution in [0.15, 0.2) is 23.1 Å². The van der Waals surface area contributed by atoms with E-state index in [9.17, 15) is 14.4 Å². The van der Waals surface area contributed by atoms with E-state index in [0.717, 1.165) is 37.9 Å². The predicted molar refractivity (Wildman–Crippen MR) is 125 cm³/mol. The van der Waals surface area contributed by atoms with Gasteiger partial charge in [-0.3, -0.25) is 19.3 Å². The van der Waals surface area contributed by atoms with Gasteiger partial charge >= 0.3 is 5.97 Å². The summed E-state index contributed by atoms with van der Waals surface area (Å²) in [5.41, 5.74) is 0.727. The molecule has 1 aromatic carbocycles. The van der Waals surface area contributed by atoms with Crippen LogP contribution in [0.2, 0.25) is 0 Å². The van der Waals surface area contributed by atoms with Crippen LogP contribution in [-0.4, -0.2) is 72.4 Å². The van der Waals surface area contributed by atoms with Crippen LogP contribution in [0.3, 0.4) is 0 Å². The number of ether oxygens (including phenoxy) is 3. The van der Waals surface area contributed by atoms with Crippen LogP contribution in [-0.2, 0) is 19.1 Å². The van der Waals surface area contributed by atoms with E-state index in [1.807, 2.05) is 4.90 Å². The third-order valence-electron chi connectivity index (χ3n) is 5.19. The maximum absolute atomic E-state index is 12.7. The predicted octanol–water partition coefficient (Wildman–Crippen LogP) is 2.85. The largest absolute Gasteiger partial charge is 0.493 e. The van der Waals surface area contributed by atoms with Crippen LogP contribution < -0.4 is 9.47 Å². The highest BCUT2D eigenvalue weighted by Crippen LogP contribution is 2.35. The van der Waals surface area contributed by atoms with E-state index in [1.165, 1.54) is 30.9 Å². The molecule has 8 nitrogen and oxygen atoms in total. The molecule has 0 unspecified atom stereocenters. The summed E-state index contributed by atoms with van der Waals surface area (Å²) in [6.07, 6.45) is 5.00. The molecule has 172 valence electrons. The van der Waals surface area contributed by atoms with Gasteiger partial charge in [-0.25, -0.2) is 0 Å². The Morgan fingerprint density at radius 1 is 1.16 bits per heavy atom. The standard InChI is InChI=1S/C22H26N2O6S2/c1-28-17-12-15(6-7-16(17)30-14-19(25)23-9-4-3-5-10-23)13-18-21(27)24(22(31)32-18)11-8-20(26)29-2/h6-7,12-13H,3-5,8-11,14H2,1-2H3/b18-13+. The molecule has 10 heteroatoms. The van der Waals surface area contributed by atoms with Crippen molar-refractivity contribution in [3.8, 4) is 11.5 Å². The molecule has 0 N–H and O–H groups in total. The molecule has 2 aliphatic rings. The van der Waals surface area contributed by atoms with Gasteiger partial charge in [0.1, 0.15) is 4.32 Å². The Bertz CT molecular complexity index is 927. The lowest BCUT2D eigenvalue weighted by Gasteiger charge is -2.26. The van der Waals surface area contributed by atoms with E-state index in [4.69, 9.17) is 21.7 Å². The number of carbonyl (C=O) groups is 3. The number of likely N-dealkylation sites (tertiary alicyclic amines) is 1. The molecular weight excluding hydrogens is 452 g/mol. The van der Waals surface area contributed by atoms with Crippen molar-refractivity contribution in [1.82, 2.24) is 9.80 Å².